The number of benzene rings is 1. The van der Waals surface area contributed by atoms with E-state index in [1.165, 1.54) is 50.4 Å². The highest BCUT2D eigenvalue weighted by Gasteiger charge is 1.91. The minimum Gasteiger partial charge on any atom is -0.349 e. The van der Waals surface area contributed by atoms with E-state index in [2.05, 4.69) is 10.3 Å². The number of Topliss-reactive ketones (excluding diaryl/α,β-unsaturated/α-hetero) is 1. The molecule has 0 aliphatic rings. The van der Waals surface area contributed by atoms with E-state index in [0.717, 1.165) is 5.69 Å². The van der Waals surface area contributed by atoms with Crippen molar-refractivity contribution in [3.05, 3.63) is 49.1 Å². The van der Waals surface area contributed by atoms with Gasteiger partial charge in [-0.3, -0.25) is 19.0 Å². The average molecular weight is 390 g/mol. The number of carbonyl (C=O) groups is 4. The molecule has 0 radical (unpaired) electrons. The molecular weight excluding hydrogens is 360 g/mol. The Kier molecular flexibility index (Phi) is 15.3. The van der Waals surface area contributed by atoms with Crippen molar-refractivity contribution in [1.82, 2.24) is 14.5 Å². The van der Waals surface area contributed by atoms with Gasteiger partial charge in [0.15, 0.2) is 0 Å². The number of nitrogens with zero attached hydrogens (tertiary/aromatic N) is 3. The first kappa shape index (κ1) is 26.9. The van der Waals surface area contributed by atoms with Crippen LogP contribution in [0.15, 0.2) is 49.1 Å². The molecule has 2 aromatic rings. The second-order valence-corrected chi connectivity index (χ2v) is 5.86. The maximum atomic E-state index is 10.5. The first-order valence-corrected chi connectivity index (χ1v) is 8.43. The van der Waals surface area contributed by atoms with Crippen molar-refractivity contribution < 1.29 is 19.2 Å². The van der Waals surface area contributed by atoms with Gasteiger partial charge < -0.3 is 15.0 Å². The third-order valence-electron chi connectivity index (χ3n) is 2.59. The van der Waals surface area contributed by atoms with Gasteiger partial charge in [0, 0.05) is 52.9 Å². The fraction of sp³-hybridized carbons (Fsp3) is 0.350. The Hall–Kier alpha value is -3.29. The summed E-state index contributed by atoms with van der Waals surface area (Å²) in [6, 6.07) is 9.37. The summed E-state index contributed by atoms with van der Waals surface area (Å²) in [6.45, 7) is 7.56. The van der Waals surface area contributed by atoms with E-state index < -0.39 is 0 Å². The molecule has 0 bridgehead atoms. The quantitative estimate of drug-likeness (QED) is 0.807. The van der Waals surface area contributed by atoms with Gasteiger partial charge in [-0.2, -0.15) is 0 Å². The second-order valence-electron chi connectivity index (χ2n) is 5.86. The predicted octanol–water partition coefficient (Wildman–Crippen LogP) is 2.88. The maximum absolute atomic E-state index is 10.5. The number of hydrogen-bond acceptors (Lipinski definition) is 5. The van der Waals surface area contributed by atoms with Crippen LogP contribution in [0.2, 0.25) is 0 Å². The number of carbonyl (C=O) groups excluding carboxylic acids is 4. The minimum atomic E-state index is -0.0359. The van der Waals surface area contributed by atoms with E-state index in [9.17, 15) is 19.2 Å². The van der Waals surface area contributed by atoms with Gasteiger partial charge in [0.25, 0.3) is 0 Å². The lowest BCUT2D eigenvalue weighted by Gasteiger charge is -2.02. The van der Waals surface area contributed by atoms with Crippen molar-refractivity contribution in [3.8, 4) is 0 Å². The van der Waals surface area contributed by atoms with Crippen LogP contribution in [0.5, 0.6) is 0 Å². The Morgan fingerprint density at radius 2 is 1.39 bits per heavy atom. The van der Waals surface area contributed by atoms with Crippen LogP contribution >= 0.6 is 0 Å². The van der Waals surface area contributed by atoms with Crippen LogP contribution in [0, 0.1) is 0 Å². The summed E-state index contributed by atoms with van der Waals surface area (Å²) in [5, 5.41) is 2.67. The third kappa shape index (κ3) is 19.0. The second kappa shape index (κ2) is 15.9. The molecule has 1 heterocycles. The highest BCUT2D eigenvalue weighted by atomic mass is 16.2. The zero-order valence-electron chi connectivity index (χ0n) is 17.6. The van der Waals surface area contributed by atoms with Crippen LogP contribution in [0.4, 0.5) is 5.69 Å². The van der Waals surface area contributed by atoms with Crippen molar-refractivity contribution in [2.45, 2.75) is 34.6 Å². The van der Waals surface area contributed by atoms with E-state index in [1.807, 2.05) is 30.3 Å². The number of amides is 2. The smallest absolute Gasteiger partial charge is 0.228 e. The monoisotopic (exact) mass is 390 g/mol. The van der Waals surface area contributed by atoms with Gasteiger partial charge in [-0.1, -0.05) is 18.2 Å². The zero-order valence-corrected chi connectivity index (χ0v) is 17.6. The Bertz CT molecular complexity index is 707. The van der Waals surface area contributed by atoms with Gasteiger partial charge >= 0.3 is 0 Å². The van der Waals surface area contributed by atoms with Gasteiger partial charge in [0.05, 0.1) is 0 Å². The molecule has 0 saturated carbocycles. The Labute approximate surface area is 166 Å². The molecule has 0 fully saturated rings. The number of ketones is 1. The van der Waals surface area contributed by atoms with Crippen molar-refractivity contribution >= 4 is 29.2 Å². The third-order valence-corrected chi connectivity index (χ3v) is 2.59. The molecular formula is C20H30N4O4. The van der Waals surface area contributed by atoms with Crippen LogP contribution in [0.25, 0.3) is 0 Å². The molecule has 8 heteroatoms. The molecule has 0 saturated heterocycles. The number of anilines is 1. The normalized spacial score (nSPS) is 8.39. The molecule has 154 valence electrons. The van der Waals surface area contributed by atoms with Crippen LogP contribution in [-0.2, 0) is 14.4 Å². The van der Waals surface area contributed by atoms with Gasteiger partial charge in [0.2, 0.25) is 17.7 Å². The lowest BCUT2D eigenvalue weighted by atomic mass is 10.3. The fourth-order valence-corrected chi connectivity index (χ4v) is 1.17. The SMILES string of the molecule is CC(=O)N(C)C.CC(=O)Nc1ccccc1.CC(=O)n1ccnc1.CC(C)=O. The molecule has 2 rings (SSSR count). The number of nitrogens with one attached hydrogen (secondary N) is 1. The van der Waals surface area contributed by atoms with Gasteiger partial charge in [0.1, 0.15) is 12.1 Å². The van der Waals surface area contributed by atoms with Crippen molar-refractivity contribution in [2.24, 2.45) is 0 Å². The summed E-state index contributed by atoms with van der Waals surface area (Å²) in [5.41, 5.74) is 0.843. The van der Waals surface area contributed by atoms with Crippen molar-refractivity contribution in [1.29, 1.82) is 0 Å². The summed E-state index contributed by atoms with van der Waals surface area (Å²) < 4.78 is 1.42. The summed E-state index contributed by atoms with van der Waals surface area (Å²) in [5.74, 6) is 0.212. The topological polar surface area (TPSA) is 101 Å². The lowest BCUT2D eigenvalue weighted by molar-refractivity contribution is -0.126. The standard InChI is InChI=1S/C8H9NO.C5H6N2O.C4H9NO.C3H6O/c1-7(10)9-8-5-3-2-4-6-8;1-5(8)7-3-2-6-4-7;1-4(6)5(2)3;1-3(2)4/h2-6H,1H3,(H,9,10);2-4H,1H3;1-3H3;1-2H3. The Morgan fingerprint density at radius 1 is 0.929 bits per heavy atom. The molecule has 0 spiro atoms. The number of imidazole rings is 1. The van der Waals surface area contributed by atoms with E-state index in [-0.39, 0.29) is 23.5 Å². The van der Waals surface area contributed by atoms with Gasteiger partial charge in [-0.15, -0.1) is 0 Å². The summed E-state index contributed by atoms with van der Waals surface area (Å²) >= 11 is 0. The number of para-hydroxylation sites is 1. The molecule has 2 amide bonds. The molecule has 1 aromatic carbocycles. The molecule has 8 nitrogen and oxygen atoms in total. The fourth-order valence-electron chi connectivity index (χ4n) is 1.17. The van der Waals surface area contributed by atoms with Gasteiger partial charge in [-0.25, -0.2) is 4.98 Å². The molecule has 1 aromatic heterocycles. The number of hydrogen-bond donors (Lipinski definition) is 1. The van der Waals surface area contributed by atoms with Crippen molar-refractivity contribution in [3.63, 3.8) is 0 Å². The average Bonchev–Trinajstić information content (AvgIpc) is 3.10. The Balaban J connectivity index is 0. The minimum absolute atomic E-state index is 0.0116. The first-order valence-electron chi connectivity index (χ1n) is 8.43. The van der Waals surface area contributed by atoms with Crippen LogP contribution < -0.4 is 5.32 Å². The van der Waals surface area contributed by atoms with E-state index in [0.29, 0.717) is 0 Å². The number of rotatable bonds is 1. The zero-order chi connectivity index (χ0) is 22.1. The van der Waals surface area contributed by atoms with Crippen LogP contribution in [-0.4, -0.2) is 52.1 Å². The molecule has 0 atom stereocenters. The molecule has 1 N–H and O–H groups in total. The highest BCUT2D eigenvalue weighted by molar-refractivity contribution is 5.88. The predicted molar refractivity (Wildman–Crippen MR) is 110 cm³/mol. The van der Waals surface area contributed by atoms with E-state index in [1.54, 1.807) is 26.5 Å². The maximum Gasteiger partial charge on any atom is 0.228 e. The molecule has 0 unspecified atom stereocenters. The molecule has 0 aliphatic carbocycles. The summed E-state index contributed by atoms with van der Waals surface area (Å²) in [7, 11) is 3.45. The first-order chi connectivity index (χ1) is 13.0. The van der Waals surface area contributed by atoms with E-state index in [4.69, 9.17) is 0 Å². The van der Waals surface area contributed by atoms with E-state index >= 15 is 0 Å². The lowest BCUT2D eigenvalue weighted by Crippen LogP contribution is -2.17. The number of aromatic nitrogens is 2. The summed E-state index contributed by atoms with van der Waals surface area (Å²) in [6.07, 6.45) is 4.66. The van der Waals surface area contributed by atoms with Crippen LogP contribution in [0.1, 0.15) is 39.4 Å². The van der Waals surface area contributed by atoms with Gasteiger partial charge in [-0.05, 0) is 26.0 Å². The molecule has 28 heavy (non-hydrogen) atoms. The highest BCUT2D eigenvalue weighted by Crippen LogP contribution is 2.03. The van der Waals surface area contributed by atoms with Crippen molar-refractivity contribution in [2.75, 3.05) is 19.4 Å². The Morgan fingerprint density at radius 3 is 1.64 bits per heavy atom. The van der Waals surface area contributed by atoms with Crippen LogP contribution in [0.3, 0.4) is 0 Å². The molecule has 0 aliphatic heterocycles. The summed E-state index contributed by atoms with van der Waals surface area (Å²) in [4.78, 5) is 45.7. The largest absolute Gasteiger partial charge is 0.349 e.